The fourth-order valence-corrected chi connectivity index (χ4v) is 4.12. The van der Waals surface area contributed by atoms with E-state index in [9.17, 15) is 0 Å². The Morgan fingerprint density at radius 2 is 0.577 bits per heavy atom. The second kappa shape index (κ2) is 21.3. The van der Waals surface area contributed by atoms with Crippen LogP contribution in [0.4, 0.5) is 0 Å². The van der Waals surface area contributed by atoms with Gasteiger partial charge in [0.25, 0.3) is 0 Å². The summed E-state index contributed by atoms with van der Waals surface area (Å²) in [5.41, 5.74) is 0. The molecule has 0 bridgehead atoms. The van der Waals surface area contributed by atoms with Crippen LogP contribution in [0.2, 0.25) is 0 Å². The first-order chi connectivity index (χ1) is 12.7. The molecule has 0 radical (unpaired) electrons. The molecule has 0 saturated carbocycles. The van der Waals surface area contributed by atoms with Crippen LogP contribution in [0, 0.1) is 11.8 Å². The highest BCUT2D eigenvalue weighted by Gasteiger charge is 2.11. The standard InChI is InChI=1S/C26H54/c1-5-7-9-11-13-15-17-19-21-23-25(3)26(4)24-22-20-18-16-14-12-10-8-6-2/h25-26H,5-24H2,1-4H3/t25-,26-/m1/s1. The van der Waals surface area contributed by atoms with Crippen molar-refractivity contribution in [2.75, 3.05) is 0 Å². The molecule has 0 saturated heterocycles. The summed E-state index contributed by atoms with van der Waals surface area (Å²) in [4.78, 5) is 0. The Morgan fingerprint density at radius 1 is 0.346 bits per heavy atom. The van der Waals surface area contributed by atoms with Crippen LogP contribution in [0.15, 0.2) is 0 Å². The van der Waals surface area contributed by atoms with Gasteiger partial charge in [0.2, 0.25) is 0 Å². The van der Waals surface area contributed by atoms with Crippen molar-refractivity contribution in [3.05, 3.63) is 0 Å². The lowest BCUT2D eigenvalue weighted by atomic mass is 9.86. The lowest BCUT2D eigenvalue weighted by Crippen LogP contribution is -2.08. The molecule has 26 heavy (non-hydrogen) atoms. The molecule has 158 valence electrons. The molecule has 0 heterocycles. The van der Waals surface area contributed by atoms with Crippen LogP contribution in [-0.4, -0.2) is 0 Å². The number of hydrogen-bond donors (Lipinski definition) is 0. The summed E-state index contributed by atoms with van der Waals surface area (Å²) in [5.74, 6) is 1.88. The van der Waals surface area contributed by atoms with Crippen molar-refractivity contribution in [1.82, 2.24) is 0 Å². The van der Waals surface area contributed by atoms with Gasteiger partial charge in [-0.15, -0.1) is 0 Å². The van der Waals surface area contributed by atoms with Gasteiger partial charge in [-0.25, -0.2) is 0 Å². The molecule has 0 aromatic rings. The zero-order valence-corrected chi connectivity index (χ0v) is 19.3. The Balaban J connectivity index is 3.31. The first-order valence-corrected chi connectivity index (χ1v) is 12.7. The van der Waals surface area contributed by atoms with Crippen molar-refractivity contribution in [3.8, 4) is 0 Å². The Kier molecular flexibility index (Phi) is 21.3. The molecule has 2 atom stereocenters. The van der Waals surface area contributed by atoms with Gasteiger partial charge in [0.1, 0.15) is 0 Å². The minimum atomic E-state index is 0.939. The van der Waals surface area contributed by atoms with E-state index in [1.807, 2.05) is 0 Å². The zero-order valence-electron chi connectivity index (χ0n) is 19.3. The summed E-state index contributed by atoms with van der Waals surface area (Å²) in [7, 11) is 0. The van der Waals surface area contributed by atoms with E-state index in [-0.39, 0.29) is 0 Å². The van der Waals surface area contributed by atoms with Crippen molar-refractivity contribution in [2.24, 2.45) is 11.8 Å². The molecule has 0 aliphatic rings. The molecule has 0 rings (SSSR count). The highest BCUT2D eigenvalue weighted by atomic mass is 14.2. The third-order valence-corrected chi connectivity index (χ3v) is 6.50. The molecule has 0 amide bonds. The van der Waals surface area contributed by atoms with E-state index in [0.717, 1.165) is 11.8 Å². The van der Waals surface area contributed by atoms with Gasteiger partial charge in [-0.2, -0.15) is 0 Å². The molecule has 0 nitrogen and oxygen atoms in total. The second-order valence-electron chi connectivity index (χ2n) is 9.19. The van der Waals surface area contributed by atoms with Crippen LogP contribution in [0.5, 0.6) is 0 Å². The Morgan fingerprint density at radius 3 is 0.846 bits per heavy atom. The molecular formula is C26H54. The molecule has 0 fully saturated rings. The quantitative estimate of drug-likeness (QED) is 0.177. The van der Waals surface area contributed by atoms with Gasteiger partial charge in [0, 0.05) is 0 Å². The number of rotatable bonds is 21. The molecule has 0 aliphatic carbocycles. The van der Waals surface area contributed by atoms with Crippen LogP contribution >= 0.6 is 0 Å². The van der Waals surface area contributed by atoms with Crippen molar-refractivity contribution >= 4 is 0 Å². The first-order valence-electron chi connectivity index (χ1n) is 12.7. The van der Waals surface area contributed by atoms with Gasteiger partial charge >= 0.3 is 0 Å². The lowest BCUT2D eigenvalue weighted by molar-refractivity contribution is 0.322. The van der Waals surface area contributed by atoms with E-state index in [0.29, 0.717) is 0 Å². The van der Waals surface area contributed by atoms with Crippen LogP contribution < -0.4 is 0 Å². The predicted molar refractivity (Wildman–Crippen MR) is 122 cm³/mol. The van der Waals surface area contributed by atoms with Gasteiger partial charge in [-0.1, -0.05) is 156 Å². The average molecular weight is 367 g/mol. The maximum absolute atomic E-state index is 2.50. The summed E-state index contributed by atoms with van der Waals surface area (Å²) in [5, 5.41) is 0. The van der Waals surface area contributed by atoms with E-state index in [2.05, 4.69) is 27.7 Å². The smallest absolute Gasteiger partial charge is 0.0417 e. The number of hydrogen-bond acceptors (Lipinski definition) is 0. The van der Waals surface area contributed by atoms with Crippen molar-refractivity contribution in [1.29, 1.82) is 0 Å². The fourth-order valence-electron chi connectivity index (χ4n) is 4.12. The summed E-state index contributed by atoms with van der Waals surface area (Å²) >= 11 is 0. The summed E-state index contributed by atoms with van der Waals surface area (Å²) in [6.45, 7) is 9.61. The van der Waals surface area contributed by atoms with E-state index in [1.54, 1.807) is 0 Å². The summed E-state index contributed by atoms with van der Waals surface area (Å²) in [6.07, 6.45) is 29.2. The second-order valence-corrected chi connectivity index (χ2v) is 9.19. The zero-order chi connectivity index (χ0) is 19.3. The van der Waals surface area contributed by atoms with E-state index >= 15 is 0 Å². The molecular weight excluding hydrogens is 312 g/mol. The largest absolute Gasteiger partial charge is 0.0654 e. The molecule has 0 unspecified atom stereocenters. The monoisotopic (exact) mass is 366 g/mol. The summed E-state index contributed by atoms with van der Waals surface area (Å²) < 4.78 is 0. The highest BCUT2D eigenvalue weighted by molar-refractivity contribution is 4.63. The van der Waals surface area contributed by atoms with Crippen LogP contribution in [0.25, 0.3) is 0 Å². The molecule has 0 heteroatoms. The number of unbranched alkanes of at least 4 members (excludes halogenated alkanes) is 16. The van der Waals surface area contributed by atoms with Gasteiger partial charge in [0.05, 0.1) is 0 Å². The topological polar surface area (TPSA) is 0 Å². The highest BCUT2D eigenvalue weighted by Crippen LogP contribution is 2.24. The van der Waals surface area contributed by atoms with Gasteiger partial charge in [-0.05, 0) is 11.8 Å². The maximum Gasteiger partial charge on any atom is -0.0417 e. The molecule has 0 aromatic carbocycles. The molecule has 0 spiro atoms. The van der Waals surface area contributed by atoms with Gasteiger partial charge < -0.3 is 0 Å². The van der Waals surface area contributed by atoms with Crippen molar-refractivity contribution in [3.63, 3.8) is 0 Å². The predicted octanol–water partition coefficient (Wildman–Crippen LogP) is 10.1. The third kappa shape index (κ3) is 18.8. The molecule has 0 aromatic heterocycles. The molecule has 0 N–H and O–H groups in total. The average Bonchev–Trinajstić information content (AvgIpc) is 2.65. The Bertz CT molecular complexity index is 218. The maximum atomic E-state index is 2.50. The van der Waals surface area contributed by atoms with Crippen LogP contribution in [0.1, 0.15) is 156 Å². The fraction of sp³-hybridized carbons (Fsp3) is 1.00. The van der Waals surface area contributed by atoms with Crippen LogP contribution in [-0.2, 0) is 0 Å². The van der Waals surface area contributed by atoms with E-state index in [4.69, 9.17) is 0 Å². The Hall–Kier alpha value is 0. The van der Waals surface area contributed by atoms with E-state index < -0.39 is 0 Å². The lowest BCUT2D eigenvalue weighted by Gasteiger charge is -2.19. The van der Waals surface area contributed by atoms with Crippen LogP contribution in [0.3, 0.4) is 0 Å². The third-order valence-electron chi connectivity index (χ3n) is 6.50. The first kappa shape index (κ1) is 26.0. The van der Waals surface area contributed by atoms with Gasteiger partial charge in [-0.3, -0.25) is 0 Å². The molecule has 0 aliphatic heterocycles. The minimum absolute atomic E-state index is 0.939. The minimum Gasteiger partial charge on any atom is -0.0654 e. The Labute approximate surface area is 168 Å². The van der Waals surface area contributed by atoms with E-state index in [1.165, 1.54) is 128 Å². The van der Waals surface area contributed by atoms with Crippen molar-refractivity contribution in [2.45, 2.75) is 156 Å². The van der Waals surface area contributed by atoms with Gasteiger partial charge in [0.15, 0.2) is 0 Å². The van der Waals surface area contributed by atoms with Crippen molar-refractivity contribution < 1.29 is 0 Å². The normalized spacial score (nSPS) is 13.8. The summed E-state index contributed by atoms with van der Waals surface area (Å²) in [6, 6.07) is 0. The SMILES string of the molecule is CCCCCCCCCCC[C@@H](C)[C@H](C)CCCCCCCCCCC.